The van der Waals surface area contributed by atoms with Crippen molar-refractivity contribution in [1.82, 2.24) is 4.90 Å². The summed E-state index contributed by atoms with van der Waals surface area (Å²) in [5, 5.41) is 21.7. The molecule has 0 unspecified atom stereocenters. The molecule has 1 spiro atoms. The van der Waals surface area contributed by atoms with Crippen molar-refractivity contribution < 1.29 is 38.7 Å². The molecule has 45 heavy (non-hydrogen) atoms. The first-order chi connectivity index (χ1) is 21.4. The van der Waals surface area contributed by atoms with E-state index in [1.807, 2.05) is 19.1 Å². The van der Waals surface area contributed by atoms with Gasteiger partial charge in [0.1, 0.15) is 6.61 Å². The minimum atomic E-state index is -3.08. The van der Waals surface area contributed by atoms with Gasteiger partial charge in [-0.1, -0.05) is 19.1 Å². The third-order valence-electron chi connectivity index (χ3n) is 9.81. The third-order valence-corrected chi connectivity index (χ3v) is 12.3. The summed E-state index contributed by atoms with van der Waals surface area (Å²) in [6.07, 6.45) is 0.166. The Kier molecular flexibility index (Phi) is 7.96. The molecule has 4 aliphatic rings. The number of aliphatic hydroxyl groups is 1. The van der Waals surface area contributed by atoms with Crippen molar-refractivity contribution >= 4 is 43.3 Å². The lowest BCUT2D eigenvalue weighted by Gasteiger charge is -2.32. The number of nitro groups is 1. The van der Waals surface area contributed by atoms with E-state index in [1.54, 1.807) is 41.1 Å². The van der Waals surface area contributed by atoms with E-state index in [2.05, 4.69) is 0 Å². The van der Waals surface area contributed by atoms with Crippen LogP contribution in [-0.2, 0) is 31.2 Å². The molecule has 0 saturated carbocycles. The van der Waals surface area contributed by atoms with E-state index in [0.717, 1.165) is 12.0 Å². The summed E-state index contributed by atoms with van der Waals surface area (Å²) in [4.78, 5) is 67.7. The predicted molar refractivity (Wildman–Crippen MR) is 165 cm³/mol. The molecule has 3 saturated heterocycles. The molecule has 2 N–H and O–H groups in total. The van der Waals surface area contributed by atoms with E-state index in [9.17, 15) is 34.4 Å². The number of nitrogens with zero attached hydrogens (tertiary/aromatic N) is 4. The topological polar surface area (TPSA) is 163 Å². The minimum absolute atomic E-state index is 0.0812. The fourth-order valence-electron chi connectivity index (χ4n) is 7.77. The number of likely N-dealkylation sites (tertiary alicyclic amines) is 1. The summed E-state index contributed by atoms with van der Waals surface area (Å²) in [6, 6.07) is 11.2. The molecule has 5 atom stereocenters. The maximum absolute atomic E-state index is 14.6. The summed E-state index contributed by atoms with van der Waals surface area (Å²) in [6.45, 7) is 6.59. The van der Waals surface area contributed by atoms with Gasteiger partial charge in [0.25, 0.3) is 11.6 Å². The summed E-state index contributed by atoms with van der Waals surface area (Å²) in [5.41, 5.74) is -0.139. The van der Waals surface area contributed by atoms with Crippen LogP contribution in [0.25, 0.3) is 0 Å². The number of nitro benzene ring substituents is 1. The normalized spacial score (nSPS) is 27.9. The van der Waals surface area contributed by atoms with E-state index < -0.39 is 48.4 Å². The Labute approximate surface area is 261 Å². The first kappa shape index (κ1) is 31.1. The van der Waals surface area contributed by atoms with E-state index in [0.29, 0.717) is 43.1 Å². The van der Waals surface area contributed by atoms with Gasteiger partial charge in [-0.2, -0.15) is 0 Å². The highest BCUT2D eigenvalue weighted by atomic mass is 28.4. The second kappa shape index (κ2) is 11.5. The first-order valence-corrected chi connectivity index (χ1v) is 18.3. The molecule has 240 valence electrons. The van der Waals surface area contributed by atoms with Gasteiger partial charge < -0.3 is 29.2 Å². The quantitative estimate of drug-likeness (QED) is 0.251. The monoisotopic (exact) mass is 638 g/mol. The number of non-ortho nitro benzene ring substituents is 1. The van der Waals surface area contributed by atoms with Crippen LogP contribution in [0.2, 0.25) is 18.6 Å². The second-order valence-electron chi connectivity index (χ2n) is 12.9. The maximum Gasteiger partial charge on any atom is 0.414 e. The third kappa shape index (κ3) is 5.19. The van der Waals surface area contributed by atoms with Gasteiger partial charge >= 0.3 is 6.09 Å². The van der Waals surface area contributed by atoms with Gasteiger partial charge in [-0.25, -0.2) is 4.79 Å². The van der Waals surface area contributed by atoms with Crippen molar-refractivity contribution in [3.63, 3.8) is 0 Å². The summed E-state index contributed by atoms with van der Waals surface area (Å²) in [7, 11) is -3.08. The Bertz CT molecular complexity index is 1530. The number of fused-ring (bicyclic) bond motifs is 2. The largest absolute Gasteiger partial charge is 0.447 e. The molecule has 14 heteroatoms. The Morgan fingerprint density at radius 1 is 1.16 bits per heavy atom. The van der Waals surface area contributed by atoms with Crippen LogP contribution in [0.1, 0.15) is 37.3 Å². The summed E-state index contributed by atoms with van der Waals surface area (Å²) >= 11 is 0. The van der Waals surface area contributed by atoms with Crippen LogP contribution in [0.3, 0.4) is 0 Å². The van der Waals surface area contributed by atoms with Gasteiger partial charge in [0.15, 0.2) is 13.9 Å². The molecule has 6 rings (SSSR count). The van der Waals surface area contributed by atoms with E-state index in [-0.39, 0.29) is 37.2 Å². The Morgan fingerprint density at radius 2 is 1.89 bits per heavy atom. The Balaban J connectivity index is 1.36. The van der Waals surface area contributed by atoms with Crippen molar-refractivity contribution in [3.8, 4) is 0 Å². The van der Waals surface area contributed by atoms with Crippen molar-refractivity contribution in [2.24, 2.45) is 5.92 Å². The Morgan fingerprint density at radius 3 is 2.51 bits per heavy atom. The molecule has 3 amide bonds. The molecule has 2 aromatic carbocycles. The van der Waals surface area contributed by atoms with E-state index in [4.69, 9.17) is 9.47 Å². The van der Waals surface area contributed by atoms with Gasteiger partial charge in [0, 0.05) is 41.4 Å². The number of carbonyl (C=O) groups is 3. The molecule has 0 radical (unpaired) electrons. The lowest BCUT2D eigenvalue weighted by Crippen LogP contribution is -2.46. The van der Waals surface area contributed by atoms with Crippen molar-refractivity contribution in [2.45, 2.75) is 69.1 Å². The zero-order valence-electron chi connectivity index (χ0n) is 25.5. The van der Waals surface area contributed by atoms with Crippen molar-refractivity contribution in [2.75, 3.05) is 36.1 Å². The molecular formula is C31H38N4O9Si. The summed E-state index contributed by atoms with van der Waals surface area (Å²) in [5.74, 6) is -1.23. The van der Waals surface area contributed by atoms with Crippen LogP contribution in [0.5, 0.6) is 0 Å². The second-order valence-corrected chi connectivity index (χ2v) is 16.9. The number of aliphatic hydroxyl groups excluding tert-OH is 1. The average Bonchev–Trinajstić information content (AvgIpc) is 3.76. The molecule has 2 aromatic rings. The summed E-state index contributed by atoms with van der Waals surface area (Å²) < 4.78 is 11.7. The average molecular weight is 639 g/mol. The predicted octanol–water partition coefficient (Wildman–Crippen LogP) is 3.27. The lowest BCUT2D eigenvalue weighted by atomic mass is 9.82. The van der Waals surface area contributed by atoms with Gasteiger partial charge in [-0.05, 0) is 49.7 Å². The first-order valence-electron chi connectivity index (χ1n) is 15.3. The molecule has 3 fully saturated rings. The molecule has 13 nitrogen and oxygen atoms in total. The molecule has 4 heterocycles. The number of benzene rings is 2. The smallest absolute Gasteiger partial charge is 0.414 e. The van der Waals surface area contributed by atoms with Gasteiger partial charge in [0.2, 0.25) is 5.91 Å². The zero-order chi connectivity index (χ0) is 32.3. The number of hydrogen-bond donors (Lipinski definition) is 2. The number of carbonyl (C=O) groups excluding carboxylic acids is 3. The fraction of sp³-hybridized carbons (Fsp3) is 0.516. The number of cyclic esters (lactones) is 1. The van der Waals surface area contributed by atoms with Crippen molar-refractivity contribution in [1.29, 1.82) is 0 Å². The number of hydrogen-bond acceptors (Lipinski definition) is 9. The van der Waals surface area contributed by atoms with E-state index in [1.165, 1.54) is 17.0 Å². The Hall–Kier alpha value is -3.85. The van der Waals surface area contributed by atoms with E-state index >= 15 is 0 Å². The molecular weight excluding hydrogens is 600 g/mol. The number of rotatable bonds is 8. The zero-order valence-corrected chi connectivity index (χ0v) is 26.5. The van der Waals surface area contributed by atoms with Crippen LogP contribution in [0.4, 0.5) is 21.9 Å². The highest BCUT2D eigenvalue weighted by Crippen LogP contribution is 2.60. The van der Waals surface area contributed by atoms with Gasteiger partial charge in [-0.15, -0.1) is 0 Å². The molecule has 0 aliphatic carbocycles. The standard InChI is InChI=1S/C31H38N4O9Si/c1-19-28(45(2,3)42)26(16-27(37)32-12-4-5-23(32)18-36)44-31(19)24-15-22(35(40)41)10-11-25(24)34(29(31)38)17-20-6-8-21(9-7-20)33-13-14-43-30(33)39/h6-11,15,19,23,26,28,36,42H,4-5,12-14,16-18H2,1-3H3/t19-,23-,26+,28-,31+/m0/s1. The minimum Gasteiger partial charge on any atom is -0.447 e. The fourth-order valence-corrected chi connectivity index (χ4v) is 10.3. The molecule has 0 bridgehead atoms. The highest BCUT2D eigenvalue weighted by Gasteiger charge is 2.66. The van der Waals surface area contributed by atoms with Gasteiger partial charge in [-0.3, -0.25) is 24.6 Å². The van der Waals surface area contributed by atoms with Gasteiger partial charge in [0.05, 0.1) is 48.9 Å². The van der Waals surface area contributed by atoms with Crippen molar-refractivity contribution in [3.05, 3.63) is 63.7 Å². The number of anilines is 2. The lowest BCUT2D eigenvalue weighted by molar-refractivity contribution is -0.385. The van der Waals surface area contributed by atoms with Crippen LogP contribution < -0.4 is 9.80 Å². The number of amides is 3. The van der Waals surface area contributed by atoms with Crippen LogP contribution in [-0.4, -0.2) is 84.4 Å². The van der Waals surface area contributed by atoms with Crippen LogP contribution >= 0.6 is 0 Å². The van der Waals surface area contributed by atoms with Crippen LogP contribution in [0.15, 0.2) is 42.5 Å². The molecule has 0 aromatic heterocycles. The number of ether oxygens (including phenoxy) is 2. The van der Waals surface area contributed by atoms with Crippen LogP contribution in [0, 0.1) is 16.0 Å². The SMILES string of the molecule is C[C@H]1[C@H]([Si](C)(C)O)[C@@H](CC(=O)N2CCC[C@H]2CO)O[C@]12C(=O)N(Cc1ccc(N3CCOC3=O)cc1)c1ccc([N+](=O)[O-])cc12. The maximum atomic E-state index is 14.6. The highest BCUT2D eigenvalue weighted by molar-refractivity contribution is 6.71. The molecule has 4 aliphatic heterocycles.